The third-order valence-corrected chi connectivity index (χ3v) is 7.35. The first kappa shape index (κ1) is 23.2. The van der Waals surface area contributed by atoms with E-state index in [1.54, 1.807) is 42.7 Å². The molecule has 1 N–H and O–H groups in total. The van der Waals surface area contributed by atoms with Crippen LogP contribution in [-0.4, -0.2) is 10.8 Å². The predicted octanol–water partition coefficient (Wildman–Crippen LogP) is 8.00. The van der Waals surface area contributed by atoms with Gasteiger partial charge in [-0.05, 0) is 52.1 Å². The molecule has 1 aliphatic heterocycles. The van der Waals surface area contributed by atoms with Gasteiger partial charge in [0.2, 0.25) is 0 Å². The number of alkyl halides is 2. The molecule has 188 valence electrons. The molecule has 0 saturated carbocycles. The molecule has 2 heterocycles. The molecule has 5 heteroatoms. The van der Waals surface area contributed by atoms with Gasteiger partial charge < -0.3 is 5.32 Å². The third kappa shape index (κ3) is 4.03. The fourth-order valence-corrected chi connectivity index (χ4v) is 5.38. The number of benzene rings is 4. The van der Waals surface area contributed by atoms with Crippen molar-refractivity contribution in [3.63, 3.8) is 0 Å². The molecule has 7 rings (SSSR count). The number of nitrogens with one attached hydrogen (secondary N) is 1. The van der Waals surface area contributed by atoms with E-state index in [2.05, 4.69) is 16.4 Å². The van der Waals surface area contributed by atoms with Crippen LogP contribution in [0.3, 0.4) is 0 Å². The van der Waals surface area contributed by atoms with Crippen molar-refractivity contribution in [2.24, 2.45) is 4.99 Å². The Balaban J connectivity index is 1.30. The molecule has 0 spiro atoms. The van der Waals surface area contributed by atoms with Crippen LogP contribution in [0.25, 0.3) is 28.0 Å². The van der Waals surface area contributed by atoms with Crippen molar-refractivity contribution >= 4 is 11.5 Å². The van der Waals surface area contributed by atoms with Gasteiger partial charge in [-0.1, -0.05) is 91.0 Å². The fourth-order valence-electron chi connectivity index (χ4n) is 5.38. The lowest BCUT2D eigenvalue weighted by molar-refractivity contribution is 0.0480. The molecule has 0 radical (unpaired) electrons. The lowest BCUT2D eigenvalue weighted by atomic mass is 9.98. The Morgan fingerprint density at radius 2 is 1.28 bits per heavy atom. The van der Waals surface area contributed by atoms with E-state index in [-0.39, 0.29) is 17.2 Å². The van der Waals surface area contributed by atoms with E-state index >= 15 is 8.78 Å². The van der Waals surface area contributed by atoms with E-state index in [0.29, 0.717) is 22.5 Å². The van der Waals surface area contributed by atoms with Crippen LogP contribution in [-0.2, 0) is 5.92 Å². The topological polar surface area (TPSA) is 37.3 Å². The maximum Gasteiger partial charge on any atom is 0.299 e. The lowest BCUT2D eigenvalue weighted by Crippen LogP contribution is -2.31. The minimum atomic E-state index is -3.13. The molecule has 1 aromatic heterocycles. The van der Waals surface area contributed by atoms with Crippen molar-refractivity contribution in [3.8, 4) is 22.3 Å². The highest BCUT2D eigenvalue weighted by Gasteiger charge is 2.44. The van der Waals surface area contributed by atoms with Gasteiger partial charge in [-0.25, -0.2) is 4.99 Å². The average Bonchev–Trinajstić information content (AvgIpc) is 3.23. The van der Waals surface area contributed by atoms with E-state index in [1.807, 2.05) is 78.9 Å². The number of hydrogen-bond acceptors (Lipinski definition) is 3. The van der Waals surface area contributed by atoms with Gasteiger partial charge >= 0.3 is 0 Å². The highest BCUT2D eigenvalue weighted by atomic mass is 19.3. The predicted molar refractivity (Wildman–Crippen MR) is 151 cm³/mol. The third-order valence-electron chi connectivity index (χ3n) is 7.35. The molecule has 1 unspecified atom stereocenters. The van der Waals surface area contributed by atoms with E-state index in [0.717, 1.165) is 28.0 Å². The van der Waals surface area contributed by atoms with Crippen LogP contribution in [0.4, 0.5) is 8.78 Å². The van der Waals surface area contributed by atoms with Crippen LogP contribution < -0.4 is 5.32 Å². The Morgan fingerprint density at radius 3 is 1.97 bits per heavy atom. The van der Waals surface area contributed by atoms with Crippen LogP contribution in [0.1, 0.15) is 33.9 Å². The van der Waals surface area contributed by atoms with Crippen LogP contribution >= 0.6 is 0 Å². The van der Waals surface area contributed by atoms with Gasteiger partial charge in [0.1, 0.15) is 5.84 Å². The normalized spacial score (nSPS) is 16.9. The van der Waals surface area contributed by atoms with Crippen molar-refractivity contribution in [1.29, 1.82) is 0 Å². The van der Waals surface area contributed by atoms with Crippen molar-refractivity contribution in [3.05, 3.63) is 155 Å². The maximum absolute atomic E-state index is 16.0. The van der Waals surface area contributed by atoms with Crippen LogP contribution in [0.2, 0.25) is 0 Å². The number of hydrogen-bond donors (Lipinski definition) is 1. The number of aromatic nitrogens is 1. The second-order valence-electron chi connectivity index (χ2n) is 9.75. The molecule has 5 aromatic rings. The quantitative estimate of drug-likeness (QED) is 0.265. The highest BCUT2D eigenvalue weighted by molar-refractivity contribution is 6.04. The van der Waals surface area contributed by atoms with Crippen molar-refractivity contribution in [1.82, 2.24) is 10.3 Å². The zero-order valence-corrected chi connectivity index (χ0v) is 20.9. The first-order chi connectivity index (χ1) is 19.1. The number of rotatable bonds is 4. The van der Waals surface area contributed by atoms with Gasteiger partial charge in [-0.2, -0.15) is 8.78 Å². The Bertz CT molecular complexity index is 1740. The van der Waals surface area contributed by atoms with Gasteiger partial charge in [0.15, 0.2) is 0 Å². The lowest BCUT2D eigenvalue weighted by Gasteiger charge is -2.25. The van der Waals surface area contributed by atoms with Gasteiger partial charge in [0, 0.05) is 34.6 Å². The van der Waals surface area contributed by atoms with Crippen LogP contribution in [0, 0.1) is 0 Å². The smallest absolute Gasteiger partial charge is 0.299 e. The van der Waals surface area contributed by atoms with Crippen molar-refractivity contribution < 1.29 is 8.78 Å². The summed E-state index contributed by atoms with van der Waals surface area (Å²) in [4.78, 5) is 9.03. The van der Waals surface area contributed by atoms with E-state index in [4.69, 9.17) is 4.99 Å². The largest absolute Gasteiger partial charge is 0.359 e. The number of aliphatic imine (C=N–C) groups is 1. The van der Waals surface area contributed by atoms with Crippen molar-refractivity contribution in [2.45, 2.75) is 12.0 Å². The number of amidine groups is 1. The first-order valence-electron chi connectivity index (χ1n) is 12.8. The van der Waals surface area contributed by atoms with Gasteiger partial charge in [-0.15, -0.1) is 0 Å². The second kappa shape index (κ2) is 9.14. The first-order valence-corrected chi connectivity index (χ1v) is 12.8. The molecule has 0 amide bonds. The molecule has 0 fully saturated rings. The monoisotopic (exact) mass is 511 g/mol. The van der Waals surface area contributed by atoms with Crippen LogP contribution in [0.5, 0.6) is 0 Å². The molecule has 0 bridgehead atoms. The van der Waals surface area contributed by atoms with Gasteiger partial charge in [0.05, 0.1) is 11.7 Å². The second-order valence-corrected chi connectivity index (χ2v) is 9.75. The highest BCUT2D eigenvalue weighted by Crippen LogP contribution is 2.52. The Labute approximate surface area is 225 Å². The summed E-state index contributed by atoms with van der Waals surface area (Å²) in [6.07, 6.45) is 5.44. The zero-order chi connectivity index (χ0) is 26.4. The molecule has 3 nitrogen and oxygen atoms in total. The summed E-state index contributed by atoms with van der Waals surface area (Å²) in [6, 6.07) is 34.0. The molecular formula is C34H23F2N3. The van der Waals surface area contributed by atoms with Crippen molar-refractivity contribution in [2.75, 3.05) is 0 Å². The Morgan fingerprint density at radius 1 is 0.641 bits per heavy atom. The summed E-state index contributed by atoms with van der Waals surface area (Å²) >= 11 is 0. The molecule has 1 atom stereocenters. The van der Waals surface area contributed by atoms with Crippen LogP contribution in [0.15, 0.2) is 133 Å². The summed E-state index contributed by atoms with van der Waals surface area (Å²) in [5.74, 6) is -2.57. The number of fused-ring (bicyclic) bond motifs is 3. The molecule has 2 aliphatic rings. The maximum atomic E-state index is 16.0. The minimum Gasteiger partial charge on any atom is -0.359 e. The summed E-state index contributed by atoms with van der Waals surface area (Å²) in [7, 11) is 0. The van der Waals surface area contributed by atoms with E-state index in [9.17, 15) is 0 Å². The average molecular weight is 512 g/mol. The molecular weight excluding hydrogens is 488 g/mol. The molecule has 39 heavy (non-hydrogen) atoms. The number of halogens is 2. The SMILES string of the molecule is FC1(F)c2cc(C3=NC(c4ccccc4)=CC(c4ccccc4)N3)ccc2-c2ccc(-c3cccnc3)cc21. The number of pyridine rings is 1. The summed E-state index contributed by atoms with van der Waals surface area (Å²) in [6.45, 7) is 0. The molecule has 1 aliphatic carbocycles. The summed E-state index contributed by atoms with van der Waals surface area (Å²) < 4.78 is 31.9. The molecule has 0 saturated heterocycles. The summed E-state index contributed by atoms with van der Waals surface area (Å²) in [5.41, 5.74) is 6.10. The Kier molecular flexibility index (Phi) is 5.44. The van der Waals surface area contributed by atoms with Gasteiger partial charge in [-0.3, -0.25) is 4.98 Å². The number of nitrogens with zero attached hydrogens (tertiary/aromatic N) is 2. The van der Waals surface area contributed by atoms with E-state index < -0.39 is 5.92 Å². The summed E-state index contributed by atoms with van der Waals surface area (Å²) in [5, 5.41) is 3.48. The fraction of sp³-hybridized carbons (Fsp3) is 0.0588. The van der Waals surface area contributed by atoms with E-state index in [1.165, 1.54) is 0 Å². The standard InChI is InChI=1S/C34H23F2N3/c35-34(36)29-18-24(26-12-7-17-37-21-26)13-15-27(29)28-16-14-25(19-30(28)34)33-38-31(22-8-3-1-4-9-22)20-32(39-33)23-10-5-2-6-11-23/h1-21,31H,(H,38,39). The molecule has 4 aromatic carbocycles. The zero-order valence-electron chi connectivity index (χ0n) is 20.9. The minimum absolute atomic E-state index is 0.00471. The Hall–Kier alpha value is -4.90. The van der Waals surface area contributed by atoms with Gasteiger partial charge in [0.25, 0.3) is 5.92 Å².